The minimum Gasteiger partial charge on any atom is -0.264 e. The first kappa shape index (κ1) is 12.0. The van der Waals surface area contributed by atoms with Crippen LogP contribution < -0.4 is 0 Å². The van der Waals surface area contributed by atoms with Crippen LogP contribution in [0.2, 0.25) is 0 Å². The summed E-state index contributed by atoms with van der Waals surface area (Å²) in [5.41, 5.74) is 6.63. The van der Waals surface area contributed by atoms with Gasteiger partial charge in [-0.05, 0) is 58.1 Å². The Kier molecular flexibility index (Phi) is 1.73. The van der Waals surface area contributed by atoms with Gasteiger partial charge >= 0.3 is 0 Å². The van der Waals surface area contributed by atoms with E-state index in [-0.39, 0.29) is 5.41 Å². The summed E-state index contributed by atoms with van der Waals surface area (Å²) in [7, 11) is 0. The van der Waals surface area contributed by atoms with Crippen LogP contribution in [0.4, 0.5) is 0 Å². The first-order valence-corrected chi connectivity index (χ1v) is 8.83. The van der Waals surface area contributed by atoms with Crippen LogP contribution in [-0.4, -0.2) is 9.97 Å². The van der Waals surface area contributed by atoms with Gasteiger partial charge < -0.3 is 0 Å². The normalized spacial score (nSPS) is 41.7. The fraction of sp³-hybridized carbons (Fsp3) is 0.273. The van der Waals surface area contributed by atoms with Gasteiger partial charge in [-0.25, -0.2) is 0 Å². The molecule has 2 heterocycles. The van der Waals surface area contributed by atoms with Crippen molar-refractivity contribution in [1.29, 1.82) is 0 Å². The van der Waals surface area contributed by atoms with E-state index in [9.17, 15) is 0 Å². The Morgan fingerprint density at radius 2 is 1.17 bits per heavy atom. The third kappa shape index (κ3) is 0.874. The second-order valence-electron chi connectivity index (χ2n) is 7.86. The summed E-state index contributed by atoms with van der Waals surface area (Å²) >= 11 is 0. The van der Waals surface area contributed by atoms with Gasteiger partial charge in [-0.1, -0.05) is 36.4 Å². The molecule has 24 heavy (non-hydrogen) atoms. The topological polar surface area (TPSA) is 25.8 Å². The van der Waals surface area contributed by atoms with Crippen molar-refractivity contribution in [3.05, 3.63) is 95.6 Å². The quantitative estimate of drug-likeness (QED) is 0.719. The molecule has 0 radical (unpaired) electrons. The number of hydrogen-bond acceptors (Lipinski definition) is 2. The summed E-state index contributed by atoms with van der Waals surface area (Å²) in [4.78, 5) is 8.92. The van der Waals surface area contributed by atoms with Gasteiger partial charge in [0.05, 0.1) is 0 Å². The molecule has 2 nitrogen and oxygen atoms in total. The van der Waals surface area contributed by atoms with Crippen molar-refractivity contribution in [2.45, 2.75) is 22.7 Å². The summed E-state index contributed by atoms with van der Waals surface area (Å²) in [6.07, 6.45) is 8.02. The molecular formula is C22H16N2. The predicted molar refractivity (Wildman–Crippen MR) is 90.7 cm³/mol. The Labute approximate surface area is 140 Å². The molecule has 3 aromatic rings. The smallest absolute Gasteiger partial charge is 0.0306 e. The van der Waals surface area contributed by atoms with E-state index in [4.69, 9.17) is 0 Å². The third-order valence-electron chi connectivity index (χ3n) is 7.66. The molecule has 2 aromatic heterocycles. The van der Waals surface area contributed by atoms with Gasteiger partial charge in [0.2, 0.25) is 0 Å². The number of aromatic nitrogens is 2. The highest BCUT2D eigenvalue weighted by molar-refractivity contribution is 5.76. The molecule has 4 aliphatic rings. The van der Waals surface area contributed by atoms with E-state index in [1.54, 1.807) is 11.1 Å². The summed E-state index contributed by atoms with van der Waals surface area (Å²) in [6.45, 7) is 0. The molecule has 0 aliphatic heterocycles. The lowest BCUT2D eigenvalue weighted by Crippen LogP contribution is -2.60. The molecule has 4 unspecified atom stereocenters. The molecule has 0 N–H and O–H groups in total. The molecule has 4 atom stereocenters. The number of benzene rings is 1. The monoisotopic (exact) mass is 308 g/mol. The molecular weight excluding hydrogens is 292 g/mol. The maximum Gasteiger partial charge on any atom is 0.0306 e. The van der Waals surface area contributed by atoms with Crippen LogP contribution in [0.25, 0.3) is 0 Å². The zero-order valence-corrected chi connectivity index (χ0v) is 13.1. The van der Waals surface area contributed by atoms with Crippen LogP contribution in [0.3, 0.4) is 0 Å². The lowest BCUT2D eigenvalue weighted by molar-refractivity contribution is 0.0759. The summed E-state index contributed by atoms with van der Waals surface area (Å²) in [5.74, 6) is 2.96. The molecule has 1 aromatic carbocycles. The maximum absolute atomic E-state index is 4.48. The third-order valence-corrected chi connectivity index (χ3v) is 7.66. The van der Waals surface area contributed by atoms with Crippen LogP contribution >= 0.6 is 0 Å². The van der Waals surface area contributed by atoms with Crippen molar-refractivity contribution in [3.8, 4) is 0 Å². The lowest BCUT2D eigenvalue weighted by Gasteiger charge is -2.60. The SMILES string of the molecule is c1cncc(C23C4c5ccccc5C2C2C4C23c2cccnc2)c1. The first-order valence-electron chi connectivity index (χ1n) is 8.83. The average Bonchev–Trinajstić information content (AvgIpc) is 2.92. The Bertz CT molecular complexity index is 958. The van der Waals surface area contributed by atoms with Crippen molar-refractivity contribution < 1.29 is 0 Å². The van der Waals surface area contributed by atoms with E-state index >= 15 is 0 Å². The zero-order valence-electron chi connectivity index (χ0n) is 13.1. The van der Waals surface area contributed by atoms with E-state index in [2.05, 4.69) is 70.9 Å². The van der Waals surface area contributed by atoms with Crippen molar-refractivity contribution in [1.82, 2.24) is 9.97 Å². The largest absolute Gasteiger partial charge is 0.264 e. The minimum atomic E-state index is 0.226. The Balaban J connectivity index is 1.53. The first-order chi connectivity index (χ1) is 11.9. The van der Waals surface area contributed by atoms with Gasteiger partial charge in [-0.3, -0.25) is 9.97 Å². The molecule has 0 saturated heterocycles. The molecule has 7 rings (SSSR count). The molecule has 114 valence electrons. The zero-order chi connectivity index (χ0) is 15.5. The molecule has 0 spiro atoms. The highest BCUT2D eigenvalue weighted by Crippen LogP contribution is 3.03. The highest BCUT2D eigenvalue weighted by Gasteiger charge is 3.02. The minimum absolute atomic E-state index is 0.226. The van der Waals surface area contributed by atoms with E-state index in [0.717, 1.165) is 11.8 Å². The maximum atomic E-state index is 4.48. The van der Waals surface area contributed by atoms with Gasteiger partial charge in [-0.15, -0.1) is 0 Å². The summed E-state index contributed by atoms with van der Waals surface area (Å²) < 4.78 is 0. The van der Waals surface area contributed by atoms with Crippen LogP contribution in [0.15, 0.2) is 73.3 Å². The van der Waals surface area contributed by atoms with E-state index in [1.807, 2.05) is 12.4 Å². The second-order valence-corrected chi connectivity index (χ2v) is 7.86. The van der Waals surface area contributed by atoms with Crippen LogP contribution in [-0.2, 0) is 10.8 Å². The Morgan fingerprint density at radius 3 is 1.67 bits per heavy atom. The Morgan fingerprint density at radius 1 is 0.625 bits per heavy atom. The standard InChI is InChI=1S/C22H16N2/c1-2-8-16-15(7-1)17-19-20-18(16)21(17,13-5-3-9-23-11-13)22(19,20)14-6-4-10-24-12-14/h1-12,17-20H. The van der Waals surface area contributed by atoms with E-state index in [1.165, 1.54) is 11.1 Å². The molecule has 3 saturated carbocycles. The van der Waals surface area contributed by atoms with Crippen LogP contribution in [0.1, 0.15) is 34.1 Å². The predicted octanol–water partition coefficient (Wildman–Crippen LogP) is 3.81. The molecule has 0 amide bonds. The van der Waals surface area contributed by atoms with Crippen molar-refractivity contribution >= 4 is 0 Å². The van der Waals surface area contributed by atoms with E-state index < -0.39 is 0 Å². The number of hydrogen-bond donors (Lipinski definition) is 0. The van der Waals surface area contributed by atoms with Crippen molar-refractivity contribution in [2.24, 2.45) is 11.8 Å². The number of fused-ring (bicyclic) bond motifs is 6. The van der Waals surface area contributed by atoms with Crippen LogP contribution in [0.5, 0.6) is 0 Å². The van der Waals surface area contributed by atoms with Crippen LogP contribution in [0, 0.1) is 11.8 Å². The van der Waals surface area contributed by atoms with Crippen molar-refractivity contribution in [2.75, 3.05) is 0 Å². The summed E-state index contributed by atoms with van der Waals surface area (Å²) in [5, 5.41) is 0. The fourth-order valence-corrected chi connectivity index (χ4v) is 7.41. The van der Waals surface area contributed by atoms with Crippen molar-refractivity contribution in [3.63, 3.8) is 0 Å². The van der Waals surface area contributed by atoms with Gasteiger partial charge in [-0.2, -0.15) is 0 Å². The highest BCUT2D eigenvalue weighted by atomic mass is 15.0. The fourth-order valence-electron chi connectivity index (χ4n) is 7.41. The molecule has 0 bridgehead atoms. The Hall–Kier alpha value is -2.48. The average molecular weight is 308 g/mol. The number of rotatable bonds is 2. The summed E-state index contributed by atoms with van der Waals surface area (Å²) in [6, 6.07) is 18.0. The van der Waals surface area contributed by atoms with Gasteiger partial charge in [0.25, 0.3) is 0 Å². The lowest BCUT2D eigenvalue weighted by atomic mass is 9.41. The van der Waals surface area contributed by atoms with E-state index in [0.29, 0.717) is 17.3 Å². The molecule has 2 heteroatoms. The number of pyridine rings is 2. The molecule has 4 aliphatic carbocycles. The number of nitrogens with zero attached hydrogens (tertiary/aromatic N) is 2. The second kappa shape index (κ2) is 3.46. The van der Waals surface area contributed by atoms with Gasteiger partial charge in [0, 0.05) is 35.6 Å². The van der Waals surface area contributed by atoms with Gasteiger partial charge in [0.1, 0.15) is 0 Å². The van der Waals surface area contributed by atoms with Gasteiger partial charge in [0.15, 0.2) is 0 Å². The molecule has 3 fully saturated rings.